The molecular formula is C14H8BrN3OS. The number of nitrogens with zero attached hydrogens (tertiary/aromatic N) is 3. The molecule has 0 aliphatic rings. The molecule has 3 aromatic rings. The molecule has 0 unspecified atom stereocenters. The Morgan fingerprint density at radius 1 is 1.35 bits per heavy atom. The Labute approximate surface area is 127 Å². The highest BCUT2D eigenvalue weighted by Gasteiger charge is 2.14. The number of hydrogen-bond acceptors (Lipinski definition) is 5. The summed E-state index contributed by atoms with van der Waals surface area (Å²) in [6, 6.07) is 9.44. The average Bonchev–Trinajstić information content (AvgIpc) is 3.07. The van der Waals surface area contributed by atoms with Gasteiger partial charge in [0.25, 0.3) is 5.89 Å². The van der Waals surface area contributed by atoms with Crippen LogP contribution in [0.15, 0.2) is 38.6 Å². The summed E-state index contributed by atoms with van der Waals surface area (Å²) in [6.07, 6.45) is 0. The highest BCUT2D eigenvalue weighted by atomic mass is 79.9. The first-order valence-corrected chi connectivity index (χ1v) is 7.44. The molecule has 0 bridgehead atoms. The van der Waals surface area contributed by atoms with Crippen molar-refractivity contribution in [3.8, 4) is 28.2 Å². The molecule has 0 radical (unpaired) electrons. The summed E-state index contributed by atoms with van der Waals surface area (Å²) in [5.74, 6) is 1.03. The third kappa shape index (κ3) is 2.38. The summed E-state index contributed by atoms with van der Waals surface area (Å²) in [6.45, 7) is 1.92. The molecule has 0 amide bonds. The summed E-state index contributed by atoms with van der Waals surface area (Å²) in [5, 5.41) is 14.8. The Bertz CT molecular complexity index is 816. The van der Waals surface area contributed by atoms with Crippen molar-refractivity contribution in [1.82, 2.24) is 10.1 Å². The van der Waals surface area contributed by atoms with Crippen LogP contribution in [0.4, 0.5) is 0 Å². The van der Waals surface area contributed by atoms with Crippen LogP contribution < -0.4 is 0 Å². The fraction of sp³-hybridized carbons (Fsp3) is 0.0714. The van der Waals surface area contributed by atoms with Crippen molar-refractivity contribution in [2.75, 3.05) is 0 Å². The standard InChI is InChI=1S/C14H8BrN3OS/c1-8-4-9(6-16)2-3-11(8)14-17-13(18-19-14)12-5-10(15)7-20-12/h2-5,7H,1H3. The lowest BCUT2D eigenvalue weighted by Gasteiger charge is -1.99. The maximum atomic E-state index is 8.87. The quantitative estimate of drug-likeness (QED) is 0.690. The second-order valence-electron chi connectivity index (χ2n) is 4.19. The van der Waals surface area contributed by atoms with E-state index in [0.29, 0.717) is 17.3 Å². The summed E-state index contributed by atoms with van der Waals surface area (Å²) in [5.41, 5.74) is 2.40. The first-order valence-electron chi connectivity index (χ1n) is 5.76. The minimum absolute atomic E-state index is 0.464. The minimum Gasteiger partial charge on any atom is -0.334 e. The molecule has 0 aliphatic carbocycles. The van der Waals surface area contributed by atoms with Gasteiger partial charge in [0.15, 0.2) is 0 Å². The predicted octanol–water partition coefficient (Wildman–Crippen LogP) is 4.41. The highest BCUT2D eigenvalue weighted by Crippen LogP contribution is 2.30. The first kappa shape index (κ1) is 13.0. The third-order valence-corrected chi connectivity index (χ3v) is 4.49. The number of aromatic nitrogens is 2. The normalized spacial score (nSPS) is 10.4. The topological polar surface area (TPSA) is 62.7 Å². The lowest BCUT2D eigenvalue weighted by atomic mass is 10.1. The Morgan fingerprint density at radius 3 is 2.85 bits per heavy atom. The van der Waals surface area contributed by atoms with E-state index in [2.05, 4.69) is 32.1 Å². The maximum absolute atomic E-state index is 8.87. The zero-order chi connectivity index (χ0) is 14.1. The predicted molar refractivity (Wildman–Crippen MR) is 80.2 cm³/mol. The van der Waals surface area contributed by atoms with Crippen molar-refractivity contribution in [2.24, 2.45) is 0 Å². The second kappa shape index (κ2) is 5.19. The molecule has 0 fully saturated rings. The van der Waals surface area contributed by atoms with Gasteiger partial charge in [0.05, 0.1) is 16.5 Å². The number of rotatable bonds is 2. The Morgan fingerprint density at radius 2 is 2.20 bits per heavy atom. The largest absolute Gasteiger partial charge is 0.334 e. The molecule has 2 heterocycles. The molecule has 0 N–H and O–H groups in total. The monoisotopic (exact) mass is 345 g/mol. The molecule has 6 heteroatoms. The van der Waals surface area contributed by atoms with Gasteiger partial charge in [-0.25, -0.2) is 0 Å². The summed E-state index contributed by atoms with van der Waals surface area (Å²) in [7, 11) is 0. The Kier molecular flexibility index (Phi) is 3.38. The summed E-state index contributed by atoms with van der Waals surface area (Å²) in [4.78, 5) is 5.35. The van der Waals surface area contributed by atoms with Crippen LogP contribution in [0, 0.1) is 18.3 Å². The van der Waals surface area contributed by atoms with Gasteiger partial charge in [0.2, 0.25) is 5.82 Å². The number of thiophene rings is 1. The molecule has 0 aliphatic heterocycles. The highest BCUT2D eigenvalue weighted by molar-refractivity contribution is 9.10. The van der Waals surface area contributed by atoms with Gasteiger partial charge >= 0.3 is 0 Å². The minimum atomic E-state index is 0.464. The van der Waals surface area contributed by atoms with E-state index in [1.165, 1.54) is 0 Å². The smallest absolute Gasteiger partial charge is 0.258 e. The van der Waals surface area contributed by atoms with Gasteiger partial charge in [-0.05, 0) is 52.7 Å². The molecule has 0 atom stereocenters. The lowest BCUT2D eigenvalue weighted by Crippen LogP contribution is -1.85. The van der Waals surface area contributed by atoms with Gasteiger partial charge in [-0.1, -0.05) is 5.16 Å². The van der Waals surface area contributed by atoms with Gasteiger partial charge in [-0.3, -0.25) is 0 Å². The van der Waals surface area contributed by atoms with Crippen molar-refractivity contribution in [3.63, 3.8) is 0 Å². The van der Waals surface area contributed by atoms with Crippen LogP contribution in [0.5, 0.6) is 0 Å². The molecular weight excluding hydrogens is 338 g/mol. The van der Waals surface area contributed by atoms with Gasteiger partial charge in [0.1, 0.15) is 0 Å². The van der Waals surface area contributed by atoms with E-state index in [-0.39, 0.29) is 0 Å². The molecule has 2 aromatic heterocycles. The third-order valence-electron chi connectivity index (χ3n) is 2.80. The van der Waals surface area contributed by atoms with Crippen LogP contribution in [-0.2, 0) is 0 Å². The van der Waals surface area contributed by atoms with Crippen molar-refractivity contribution in [2.45, 2.75) is 6.92 Å². The fourth-order valence-electron chi connectivity index (χ4n) is 1.84. The molecule has 4 nitrogen and oxygen atoms in total. The van der Waals surface area contributed by atoms with E-state index in [1.807, 2.05) is 24.4 Å². The van der Waals surface area contributed by atoms with E-state index < -0.39 is 0 Å². The molecule has 0 saturated heterocycles. The van der Waals surface area contributed by atoms with E-state index in [9.17, 15) is 0 Å². The fourth-order valence-corrected chi connectivity index (χ4v) is 3.19. The van der Waals surface area contributed by atoms with Crippen LogP contribution in [-0.4, -0.2) is 10.1 Å². The van der Waals surface area contributed by atoms with Crippen LogP contribution in [0.2, 0.25) is 0 Å². The number of hydrogen-bond donors (Lipinski definition) is 0. The van der Waals surface area contributed by atoms with E-state index in [1.54, 1.807) is 23.5 Å². The summed E-state index contributed by atoms with van der Waals surface area (Å²) < 4.78 is 6.31. The van der Waals surface area contributed by atoms with E-state index in [0.717, 1.165) is 20.5 Å². The number of halogens is 1. The van der Waals surface area contributed by atoms with Crippen molar-refractivity contribution < 1.29 is 4.52 Å². The number of nitriles is 1. The molecule has 3 rings (SSSR count). The molecule has 0 spiro atoms. The van der Waals surface area contributed by atoms with Gasteiger partial charge < -0.3 is 4.52 Å². The van der Waals surface area contributed by atoms with Crippen LogP contribution in [0.3, 0.4) is 0 Å². The van der Waals surface area contributed by atoms with E-state index >= 15 is 0 Å². The van der Waals surface area contributed by atoms with Crippen molar-refractivity contribution >= 4 is 27.3 Å². The first-order chi connectivity index (χ1) is 9.67. The zero-order valence-corrected chi connectivity index (χ0v) is 12.8. The average molecular weight is 346 g/mol. The molecule has 0 saturated carbocycles. The van der Waals surface area contributed by atoms with Crippen LogP contribution >= 0.6 is 27.3 Å². The molecule has 20 heavy (non-hydrogen) atoms. The van der Waals surface area contributed by atoms with Gasteiger partial charge in [0, 0.05) is 15.4 Å². The van der Waals surface area contributed by atoms with Crippen LogP contribution in [0.25, 0.3) is 22.2 Å². The van der Waals surface area contributed by atoms with Gasteiger partial charge in [-0.2, -0.15) is 10.2 Å². The Balaban J connectivity index is 2.00. The lowest BCUT2D eigenvalue weighted by molar-refractivity contribution is 0.432. The van der Waals surface area contributed by atoms with Crippen molar-refractivity contribution in [1.29, 1.82) is 5.26 Å². The SMILES string of the molecule is Cc1cc(C#N)ccc1-c1nc(-c2cc(Br)cs2)no1. The number of benzene rings is 1. The molecule has 98 valence electrons. The Hall–Kier alpha value is -1.97. The second-order valence-corrected chi connectivity index (χ2v) is 6.02. The zero-order valence-electron chi connectivity index (χ0n) is 10.4. The van der Waals surface area contributed by atoms with E-state index in [4.69, 9.17) is 9.78 Å². The van der Waals surface area contributed by atoms with Crippen LogP contribution in [0.1, 0.15) is 11.1 Å². The maximum Gasteiger partial charge on any atom is 0.258 e. The number of aryl methyl sites for hydroxylation is 1. The van der Waals surface area contributed by atoms with Gasteiger partial charge in [-0.15, -0.1) is 11.3 Å². The molecule has 1 aromatic carbocycles. The summed E-state index contributed by atoms with van der Waals surface area (Å²) >= 11 is 4.95. The van der Waals surface area contributed by atoms with Crippen molar-refractivity contribution in [3.05, 3.63) is 45.2 Å².